The van der Waals surface area contributed by atoms with E-state index in [1.165, 1.54) is 6.07 Å². The largest absolute Gasteiger partial charge is 0.324 e. The van der Waals surface area contributed by atoms with Gasteiger partial charge in [-0.15, -0.1) is 12.4 Å². The van der Waals surface area contributed by atoms with E-state index in [1.807, 2.05) is 6.07 Å². The van der Waals surface area contributed by atoms with E-state index in [1.54, 1.807) is 6.07 Å². The van der Waals surface area contributed by atoms with Crippen LogP contribution in [0.2, 0.25) is 0 Å². The van der Waals surface area contributed by atoms with Crippen molar-refractivity contribution in [2.45, 2.75) is 38.6 Å². The third-order valence-corrected chi connectivity index (χ3v) is 2.97. The van der Waals surface area contributed by atoms with E-state index in [9.17, 15) is 4.39 Å². The molecule has 1 atom stereocenters. The molecule has 16 heavy (non-hydrogen) atoms. The third kappa shape index (κ3) is 4.81. The molecular formula is C12H18BrClFN. The molecule has 92 valence electrons. The Kier molecular flexibility index (Phi) is 7.98. The molecule has 0 unspecified atom stereocenters. The molecule has 0 saturated heterocycles. The summed E-state index contributed by atoms with van der Waals surface area (Å²) in [7, 11) is 0. The molecule has 0 spiro atoms. The Hall–Kier alpha value is -0.120. The third-order valence-electron chi connectivity index (χ3n) is 2.48. The molecule has 1 rings (SSSR count). The molecule has 0 fully saturated rings. The van der Waals surface area contributed by atoms with E-state index in [0.29, 0.717) is 5.56 Å². The first-order valence-electron chi connectivity index (χ1n) is 5.35. The molecule has 0 aliphatic rings. The quantitative estimate of drug-likeness (QED) is 0.791. The van der Waals surface area contributed by atoms with Crippen molar-refractivity contribution in [3.63, 3.8) is 0 Å². The van der Waals surface area contributed by atoms with Gasteiger partial charge in [-0.2, -0.15) is 0 Å². The summed E-state index contributed by atoms with van der Waals surface area (Å²) in [6, 6.07) is 4.88. The van der Waals surface area contributed by atoms with Crippen LogP contribution in [0.5, 0.6) is 0 Å². The average Bonchev–Trinajstić information content (AvgIpc) is 2.17. The van der Waals surface area contributed by atoms with Crippen molar-refractivity contribution in [3.8, 4) is 0 Å². The number of halogens is 3. The Balaban J connectivity index is 0.00000225. The van der Waals surface area contributed by atoms with Gasteiger partial charge in [0.1, 0.15) is 5.82 Å². The zero-order valence-corrected chi connectivity index (χ0v) is 11.8. The molecule has 2 N–H and O–H groups in total. The maximum Gasteiger partial charge on any atom is 0.129 e. The highest BCUT2D eigenvalue weighted by Crippen LogP contribution is 2.23. The van der Waals surface area contributed by atoms with Gasteiger partial charge in [-0.25, -0.2) is 4.39 Å². The standard InChI is InChI=1S/C12H17BrFN.ClH/c1-2-3-4-5-12(15)10-7-6-9(13)8-11(10)14;/h6-8,12H,2-5,15H2,1H3;1H/t12-;/m0./s1. The normalized spacial score (nSPS) is 12.0. The summed E-state index contributed by atoms with van der Waals surface area (Å²) in [4.78, 5) is 0. The Morgan fingerprint density at radius 3 is 2.62 bits per heavy atom. The van der Waals surface area contributed by atoms with Crippen molar-refractivity contribution in [1.29, 1.82) is 0 Å². The molecule has 0 aliphatic heterocycles. The molecule has 0 saturated carbocycles. The van der Waals surface area contributed by atoms with Crippen molar-refractivity contribution in [2.75, 3.05) is 0 Å². The summed E-state index contributed by atoms with van der Waals surface area (Å²) >= 11 is 3.23. The zero-order chi connectivity index (χ0) is 11.3. The fraction of sp³-hybridized carbons (Fsp3) is 0.500. The Morgan fingerprint density at radius 2 is 2.06 bits per heavy atom. The average molecular weight is 311 g/mol. The molecular weight excluding hydrogens is 292 g/mol. The lowest BCUT2D eigenvalue weighted by Crippen LogP contribution is -2.11. The minimum atomic E-state index is -0.214. The number of nitrogens with two attached hydrogens (primary N) is 1. The van der Waals surface area contributed by atoms with Crippen LogP contribution >= 0.6 is 28.3 Å². The van der Waals surface area contributed by atoms with E-state index in [4.69, 9.17) is 5.73 Å². The summed E-state index contributed by atoms with van der Waals surface area (Å²) < 4.78 is 14.3. The number of hydrogen-bond donors (Lipinski definition) is 1. The molecule has 1 aromatic rings. The highest BCUT2D eigenvalue weighted by Gasteiger charge is 2.10. The van der Waals surface area contributed by atoms with E-state index in [0.717, 1.165) is 30.2 Å². The van der Waals surface area contributed by atoms with Gasteiger partial charge < -0.3 is 5.73 Å². The van der Waals surface area contributed by atoms with Crippen molar-refractivity contribution in [2.24, 2.45) is 5.73 Å². The lowest BCUT2D eigenvalue weighted by Gasteiger charge is -2.12. The molecule has 0 aromatic heterocycles. The number of unbranched alkanes of at least 4 members (excludes halogenated alkanes) is 2. The molecule has 1 nitrogen and oxygen atoms in total. The Bertz CT molecular complexity index is 320. The number of benzene rings is 1. The molecule has 4 heteroatoms. The van der Waals surface area contributed by atoms with Crippen molar-refractivity contribution in [3.05, 3.63) is 34.1 Å². The Morgan fingerprint density at radius 1 is 1.38 bits per heavy atom. The van der Waals surface area contributed by atoms with Crippen LogP contribution in [-0.2, 0) is 0 Å². The van der Waals surface area contributed by atoms with Gasteiger partial charge in [0.25, 0.3) is 0 Å². The summed E-state index contributed by atoms with van der Waals surface area (Å²) in [6.07, 6.45) is 4.24. The summed E-state index contributed by atoms with van der Waals surface area (Å²) in [5.74, 6) is -0.214. The summed E-state index contributed by atoms with van der Waals surface area (Å²) in [5, 5.41) is 0. The number of rotatable bonds is 5. The Labute approximate surface area is 111 Å². The molecule has 0 amide bonds. The van der Waals surface area contributed by atoms with Crippen LogP contribution in [0, 0.1) is 5.82 Å². The van der Waals surface area contributed by atoms with Crippen LogP contribution in [-0.4, -0.2) is 0 Å². The summed E-state index contributed by atoms with van der Waals surface area (Å²) in [5.41, 5.74) is 6.55. The van der Waals surface area contributed by atoms with Crippen molar-refractivity contribution < 1.29 is 4.39 Å². The fourth-order valence-corrected chi connectivity index (χ4v) is 1.91. The van der Waals surface area contributed by atoms with Crippen LogP contribution < -0.4 is 5.73 Å². The highest BCUT2D eigenvalue weighted by molar-refractivity contribution is 9.10. The van der Waals surface area contributed by atoms with E-state index >= 15 is 0 Å². The second kappa shape index (κ2) is 8.04. The van der Waals surface area contributed by atoms with Gasteiger partial charge in [-0.05, 0) is 18.6 Å². The first-order chi connectivity index (χ1) is 7.15. The minimum absolute atomic E-state index is 0. The maximum absolute atomic E-state index is 13.5. The lowest BCUT2D eigenvalue weighted by atomic mass is 10.0. The maximum atomic E-state index is 13.5. The van der Waals surface area contributed by atoms with Crippen LogP contribution in [0.3, 0.4) is 0 Å². The predicted octanol–water partition coefficient (Wildman–Crippen LogP) is 4.59. The monoisotopic (exact) mass is 309 g/mol. The topological polar surface area (TPSA) is 26.0 Å². The lowest BCUT2D eigenvalue weighted by molar-refractivity contribution is 0.538. The van der Waals surface area contributed by atoms with E-state index in [-0.39, 0.29) is 24.3 Å². The first-order valence-corrected chi connectivity index (χ1v) is 6.15. The van der Waals surface area contributed by atoms with Gasteiger partial charge in [-0.3, -0.25) is 0 Å². The van der Waals surface area contributed by atoms with Crippen molar-refractivity contribution in [1.82, 2.24) is 0 Å². The zero-order valence-electron chi connectivity index (χ0n) is 9.38. The van der Waals surface area contributed by atoms with Crippen LogP contribution in [0.1, 0.15) is 44.2 Å². The molecule has 0 heterocycles. The van der Waals surface area contributed by atoms with Crippen molar-refractivity contribution >= 4 is 28.3 Å². The van der Waals surface area contributed by atoms with Crippen LogP contribution in [0.25, 0.3) is 0 Å². The highest BCUT2D eigenvalue weighted by atomic mass is 79.9. The van der Waals surface area contributed by atoms with E-state index < -0.39 is 0 Å². The smallest absolute Gasteiger partial charge is 0.129 e. The van der Waals surface area contributed by atoms with Gasteiger partial charge in [0, 0.05) is 16.1 Å². The van der Waals surface area contributed by atoms with Crippen LogP contribution in [0.15, 0.2) is 22.7 Å². The van der Waals surface area contributed by atoms with Gasteiger partial charge in [0.2, 0.25) is 0 Å². The van der Waals surface area contributed by atoms with E-state index in [2.05, 4.69) is 22.9 Å². The van der Waals surface area contributed by atoms with Gasteiger partial charge in [0.05, 0.1) is 0 Å². The minimum Gasteiger partial charge on any atom is -0.324 e. The van der Waals surface area contributed by atoms with Gasteiger partial charge in [-0.1, -0.05) is 48.2 Å². The predicted molar refractivity (Wildman–Crippen MR) is 72.4 cm³/mol. The van der Waals surface area contributed by atoms with Gasteiger partial charge in [0.15, 0.2) is 0 Å². The first kappa shape index (κ1) is 15.9. The molecule has 0 aliphatic carbocycles. The van der Waals surface area contributed by atoms with Gasteiger partial charge >= 0.3 is 0 Å². The summed E-state index contributed by atoms with van der Waals surface area (Å²) in [6.45, 7) is 2.14. The number of hydrogen-bond acceptors (Lipinski definition) is 1. The molecule has 0 radical (unpaired) electrons. The second-order valence-corrected chi connectivity index (χ2v) is 4.68. The molecule has 0 bridgehead atoms. The molecule has 1 aromatic carbocycles. The SMILES string of the molecule is CCCCC[C@H](N)c1ccc(Br)cc1F.Cl. The van der Waals surface area contributed by atoms with Crippen LogP contribution in [0.4, 0.5) is 4.39 Å². The second-order valence-electron chi connectivity index (χ2n) is 3.77. The fourth-order valence-electron chi connectivity index (χ4n) is 1.57.